The van der Waals surface area contributed by atoms with Crippen LogP contribution in [0.1, 0.15) is 52.4 Å². The molecule has 2 aliphatic heterocycles. The molecule has 1 spiro atoms. The quantitative estimate of drug-likeness (QED) is 0.865. The second-order valence-corrected chi connectivity index (χ2v) is 7.43. The summed E-state index contributed by atoms with van der Waals surface area (Å²) in [5.41, 5.74) is 0.205. The number of likely N-dealkylation sites (tertiary alicyclic amines) is 2. The van der Waals surface area contributed by atoms with Crippen LogP contribution in [0.5, 0.6) is 0 Å². The minimum atomic E-state index is -0.784. The molecule has 1 unspecified atom stereocenters. The molecule has 6 nitrogen and oxygen atoms in total. The third kappa shape index (κ3) is 2.82. The van der Waals surface area contributed by atoms with Crippen LogP contribution in [0.15, 0.2) is 0 Å². The lowest BCUT2D eigenvalue weighted by Gasteiger charge is -2.60. The Bertz CT molecular complexity index is 468. The monoisotopic (exact) mass is 323 g/mol. The van der Waals surface area contributed by atoms with E-state index in [0.717, 1.165) is 45.3 Å². The molecule has 0 aromatic heterocycles. The minimum Gasteiger partial charge on any atom is -0.465 e. The fraction of sp³-hybridized carbons (Fsp3) is 0.882. The predicted octanol–water partition coefficient (Wildman–Crippen LogP) is 2.20. The molecular weight excluding hydrogens is 294 g/mol. The lowest BCUT2D eigenvalue weighted by Crippen LogP contribution is -2.72. The molecule has 0 aromatic rings. The molecule has 23 heavy (non-hydrogen) atoms. The first kappa shape index (κ1) is 16.6. The summed E-state index contributed by atoms with van der Waals surface area (Å²) in [5.74, 6) is 0.147. The van der Waals surface area contributed by atoms with Gasteiger partial charge in [-0.05, 0) is 32.6 Å². The number of rotatable bonds is 3. The van der Waals surface area contributed by atoms with Crippen LogP contribution < -0.4 is 0 Å². The van der Waals surface area contributed by atoms with E-state index in [1.807, 2.05) is 11.8 Å². The van der Waals surface area contributed by atoms with E-state index in [-0.39, 0.29) is 17.5 Å². The SMILES string of the molecule is CCN(C(C)=O)C1CCN(C2N(C(=O)O)CC23CCCC3)CC1. The third-order valence-electron chi connectivity index (χ3n) is 6.20. The normalized spacial score (nSPS) is 27.9. The first-order valence-electron chi connectivity index (χ1n) is 8.99. The van der Waals surface area contributed by atoms with E-state index < -0.39 is 6.09 Å². The molecule has 130 valence electrons. The van der Waals surface area contributed by atoms with Gasteiger partial charge in [0, 0.05) is 44.6 Å². The Morgan fingerprint density at radius 3 is 2.30 bits per heavy atom. The van der Waals surface area contributed by atoms with Crippen LogP contribution in [0.4, 0.5) is 4.79 Å². The molecule has 3 rings (SSSR count). The number of amides is 2. The van der Waals surface area contributed by atoms with E-state index in [0.29, 0.717) is 12.6 Å². The van der Waals surface area contributed by atoms with Gasteiger partial charge in [-0.3, -0.25) is 14.6 Å². The lowest BCUT2D eigenvalue weighted by molar-refractivity contribution is -0.147. The van der Waals surface area contributed by atoms with Crippen molar-refractivity contribution in [3.63, 3.8) is 0 Å². The summed E-state index contributed by atoms with van der Waals surface area (Å²) in [6.07, 6.45) is 5.97. The van der Waals surface area contributed by atoms with Crippen LogP contribution in [-0.2, 0) is 4.79 Å². The molecule has 2 saturated heterocycles. The Morgan fingerprint density at radius 2 is 1.83 bits per heavy atom. The summed E-state index contributed by atoms with van der Waals surface area (Å²) in [7, 11) is 0. The first-order valence-corrected chi connectivity index (χ1v) is 8.99. The van der Waals surface area contributed by atoms with Gasteiger partial charge < -0.3 is 10.0 Å². The summed E-state index contributed by atoms with van der Waals surface area (Å²) in [6, 6.07) is 0.312. The Hall–Kier alpha value is -1.30. The van der Waals surface area contributed by atoms with Crippen LogP contribution in [0.25, 0.3) is 0 Å². The molecule has 1 N–H and O–H groups in total. The average Bonchev–Trinajstić information content (AvgIpc) is 2.98. The van der Waals surface area contributed by atoms with Crippen molar-refractivity contribution in [2.45, 2.75) is 64.6 Å². The highest BCUT2D eigenvalue weighted by molar-refractivity contribution is 5.73. The zero-order chi connectivity index (χ0) is 16.6. The third-order valence-corrected chi connectivity index (χ3v) is 6.20. The van der Waals surface area contributed by atoms with Gasteiger partial charge in [0.2, 0.25) is 5.91 Å². The summed E-state index contributed by atoms with van der Waals surface area (Å²) < 4.78 is 0. The molecule has 1 aliphatic carbocycles. The lowest BCUT2D eigenvalue weighted by atomic mass is 9.73. The van der Waals surface area contributed by atoms with E-state index in [4.69, 9.17) is 0 Å². The summed E-state index contributed by atoms with van der Waals surface area (Å²) >= 11 is 0. The Labute approximate surface area is 138 Å². The summed E-state index contributed by atoms with van der Waals surface area (Å²) in [6.45, 7) is 6.92. The second-order valence-electron chi connectivity index (χ2n) is 7.43. The van der Waals surface area contributed by atoms with Crippen LogP contribution in [0.2, 0.25) is 0 Å². The van der Waals surface area contributed by atoms with Gasteiger partial charge in [-0.2, -0.15) is 0 Å². The topological polar surface area (TPSA) is 64.1 Å². The second kappa shape index (κ2) is 6.30. The van der Waals surface area contributed by atoms with Crippen molar-refractivity contribution < 1.29 is 14.7 Å². The van der Waals surface area contributed by atoms with Gasteiger partial charge in [0.25, 0.3) is 0 Å². The number of nitrogens with zero attached hydrogens (tertiary/aromatic N) is 3. The van der Waals surface area contributed by atoms with E-state index >= 15 is 0 Å². The molecule has 6 heteroatoms. The van der Waals surface area contributed by atoms with Crippen molar-refractivity contribution in [2.75, 3.05) is 26.2 Å². The minimum absolute atomic E-state index is 0.0656. The Kier molecular flexibility index (Phi) is 4.54. The number of hydrogen-bond donors (Lipinski definition) is 1. The van der Waals surface area contributed by atoms with Crippen LogP contribution in [0, 0.1) is 5.41 Å². The van der Waals surface area contributed by atoms with Crippen LogP contribution in [-0.4, -0.2) is 70.2 Å². The van der Waals surface area contributed by atoms with Crippen LogP contribution >= 0.6 is 0 Å². The van der Waals surface area contributed by atoms with Crippen molar-refractivity contribution in [3.8, 4) is 0 Å². The molecule has 2 amide bonds. The average molecular weight is 323 g/mol. The van der Waals surface area contributed by atoms with Gasteiger partial charge in [0.1, 0.15) is 0 Å². The maximum atomic E-state index is 11.7. The van der Waals surface area contributed by atoms with Crippen molar-refractivity contribution in [1.29, 1.82) is 0 Å². The molecule has 1 saturated carbocycles. The Balaban J connectivity index is 1.65. The van der Waals surface area contributed by atoms with Crippen molar-refractivity contribution in [2.24, 2.45) is 5.41 Å². The van der Waals surface area contributed by atoms with Crippen LogP contribution in [0.3, 0.4) is 0 Å². The van der Waals surface area contributed by atoms with Gasteiger partial charge >= 0.3 is 6.09 Å². The fourth-order valence-electron chi connectivity index (χ4n) is 5.16. The number of piperidine rings is 1. The molecule has 2 heterocycles. The molecule has 1 atom stereocenters. The number of carbonyl (C=O) groups excluding carboxylic acids is 1. The molecule has 0 aromatic carbocycles. The van der Waals surface area contributed by atoms with E-state index in [2.05, 4.69) is 4.90 Å². The highest BCUT2D eigenvalue weighted by Crippen LogP contribution is 2.52. The first-order chi connectivity index (χ1) is 11.0. The molecule has 0 radical (unpaired) electrons. The Morgan fingerprint density at radius 1 is 1.22 bits per heavy atom. The molecular formula is C17H29N3O3. The maximum absolute atomic E-state index is 11.7. The zero-order valence-corrected chi connectivity index (χ0v) is 14.3. The zero-order valence-electron chi connectivity index (χ0n) is 14.3. The van der Waals surface area contributed by atoms with Gasteiger partial charge in [-0.15, -0.1) is 0 Å². The fourth-order valence-corrected chi connectivity index (χ4v) is 5.16. The number of carboxylic acid groups (broad SMARTS) is 1. The van der Waals surface area contributed by atoms with E-state index in [1.54, 1.807) is 11.8 Å². The van der Waals surface area contributed by atoms with Gasteiger partial charge in [0.05, 0.1) is 6.17 Å². The summed E-state index contributed by atoms with van der Waals surface area (Å²) in [5, 5.41) is 9.48. The standard InChI is InChI=1S/C17H29N3O3/c1-3-19(13(2)21)14-6-10-18(11-7-14)15-17(8-4-5-9-17)12-20(15)16(22)23/h14-15H,3-12H2,1-2H3,(H,22,23). The van der Waals surface area contributed by atoms with Crippen molar-refractivity contribution >= 4 is 12.0 Å². The molecule has 0 bridgehead atoms. The maximum Gasteiger partial charge on any atom is 0.408 e. The summed E-state index contributed by atoms with van der Waals surface area (Å²) in [4.78, 5) is 29.2. The molecule has 3 aliphatic rings. The van der Waals surface area contributed by atoms with Gasteiger partial charge in [-0.1, -0.05) is 12.8 Å². The number of hydrogen-bond acceptors (Lipinski definition) is 3. The van der Waals surface area contributed by atoms with E-state index in [1.165, 1.54) is 12.8 Å². The number of carbonyl (C=O) groups is 2. The van der Waals surface area contributed by atoms with Gasteiger partial charge in [-0.25, -0.2) is 4.79 Å². The van der Waals surface area contributed by atoms with Gasteiger partial charge in [0.15, 0.2) is 0 Å². The largest absolute Gasteiger partial charge is 0.465 e. The van der Waals surface area contributed by atoms with Crippen molar-refractivity contribution in [1.82, 2.24) is 14.7 Å². The smallest absolute Gasteiger partial charge is 0.408 e. The highest BCUT2D eigenvalue weighted by Gasteiger charge is 2.58. The predicted molar refractivity (Wildman–Crippen MR) is 87.1 cm³/mol. The highest BCUT2D eigenvalue weighted by atomic mass is 16.4. The molecule has 3 fully saturated rings. The van der Waals surface area contributed by atoms with Crippen molar-refractivity contribution in [3.05, 3.63) is 0 Å². The van der Waals surface area contributed by atoms with E-state index in [9.17, 15) is 14.7 Å².